The zero-order valence-corrected chi connectivity index (χ0v) is 13.0. The van der Waals surface area contributed by atoms with Crippen LogP contribution in [0, 0.1) is 6.92 Å². The molecule has 3 rings (SSSR count). The molecule has 21 heavy (non-hydrogen) atoms. The van der Waals surface area contributed by atoms with E-state index in [4.69, 9.17) is 11.6 Å². The molecule has 0 saturated carbocycles. The Labute approximate surface area is 129 Å². The third-order valence-corrected chi connectivity index (χ3v) is 4.25. The maximum absolute atomic E-state index is 6.22. The van der Waals surface area contributed by atoms with E-state index in [2.05, 4.69) is 20.5 Å². The Morgan fingerprint density at radius 3 is 3.05 bits per heavy atom. The minimum Gasteiger partial charge on any atom is -0.315 e. The van der Waals surface area contributed by atoms with Crippen LogP contribution in [0.15, 0.2) is 24.4 Å². The monoisotopic (exact) mass is 305 g/mol. The highest BCUT2D eigenvalue weighted by atomic mass is 35.5. The highest BCUT2D eigenvalue weighted by Crippen LogP contribution is 2.20. The molecule has 0 atom stereocenters. The van der Waals surface area contributed by atoms with Crippen molar-refractivity contribution in [2.24, 2.45) is 0 Å². The van der Waals surface area contributed by atoms with E-state index in [9.17, 15) is 0 Å². The molecule has 5 nitrogen and oxygen atoms in total. The fourth-order valence-electron chi connectivity index (χ4n) is 2.58. The van der Waals surface area contributed by atoms with E-state index in [0.29, 0.717) is 0 Å². The summed E-state index contributed by atoms with van der Waals surface area (Å²) in [7, 11) is 0. The van der Waals surface area contributed by atoms with E-state index < -0.39 is 0 Å². The molecule has 0 amide bonds. The Morgan fingerprint density at radius 1 is 1.29 bits per heavy atom. The summed E-state index contributed by atoms with van der Waals surface area (Å²) in [6, 6.07) is 5.99. The summed E-state index contributed by atoms with van der Waals surface area (Å²) < 4.78 is 1.88. The van der Waals surface area contributed by atoms with Crippen molar-refractivity contribution in [2.45, 2.75) is 19.9 Å². The van der Waals surface area contributed by atoms with Crippen molar-refractivity contribution in [3.63, 3.8) is 0 Å². The van der Waals surface area contributed by atoms with E-state index in [-0.39, 0.29) is 0 Å². The standard InChI is InChI=1S/C15H20ClN5/c1-12-3-4-13(9-15(12)16)21-14(10-18-19-21)11-20-7-2-5-17-6-8-20/h3-4,9-10,17H,2,5-8,11H2,1H3. The van der Waals surface area contributed by atoms with Gasteiger partial charge in [0.2, 0.25) is 0 Å². The molecule has 0 radical (unpaired) electrons. The highest BCUT2D eigenvalue weighted by molar-refractivity contribution is 6.31. The summed E-state index contributed by atoms with van der Waals surface area (Å²) in [5, 5.41) is 12.5. The van der Waals surface area contributed by atoms with E-state index in [1.54, 1.807) is 0 Å². The van der Waals surface area contributed by atoms with Crippen molar-refractivity contribution < 1.29 is 0 Å². The summed E-state index contributed by atoms with van der Waals surface area (Å²) in [5.74, 6) is 0. The second kappa shape index (κ2) is 6.56. The molecule has 1 aromatic carbocycles. The van der Waals surface area contributed by atoms with Crippen LogP contribution in [0.5, 0.6) is 0 Å². The van der Waals surface area contributed by atoms with E-state index in [0.717, 1.165) is 54.7 Å². The first-order valence-electron chi connectivity index (χ1n) is 7.33. The molecule has 1 aromatic heterocycles. The summed E-state index contributed by atoms with van der Waals surface area (Å²) in [6.07, 6.45) is 3.02. The van der Waals surface area contributed by atoms with Gasteiger partial charge in [0.25, 0.3) is 0 Å². The van der Waals surface area contributed by atoms with Gasteiger partial charge in [-0.15, -0.1) is 5.10 Å². The summed E-state index contributed by atoms with van der Waals surface area (Å²) in [4.78, 5) is 2.44. The predicted octanol–water partition coefficient (Wildman–Crippen LogP) is 2.02. The average Bonchev–Trinajstić information content (AvgIpc) is 2.77. The molecule has 0 spiro atoms. The number of hydrogen-bond donors (Lipinski definition) is 1. The third-order valence-electron chi connectivity index (χ3n) is 3.84. The number of halogens is 1. The minimum absolute atomic E-state index is 0.757. The van der Waals surface area contributed by atoms with Crippen LogP contribution in [0.3, 0.4) is 0 Å². The molecule has 0 unspecified atom stereocenters. The molecule has 2 aromatic rings. The number of nitrogens with zero attached hydrogens (tertiary/aromatic N) is 4. The van der Waals surface area contributed by atoms with Crippen molar-refractivity contribution >= 4 is 11.6 Å². The van der Waals surface area contributed by atoms with E-state index >= 15 is 0 Å². The molecule has 1 saturated heterocycles. The lowest BCUT2D eigenvalue weighted by Crippen LogP contribution is -2.28. The topological polar surface area (TPSA) is 46.0 Å². The normalized spacial score (nSPS) is 16.9. The van der Waals surface area contributed by atoms with Gasteiger partial charge in [0.05, 0.1) is 17.6 Å². The van der Waals surface area contributed by atoms with Crippen molar-refractivity contribution in [1.82, 2.24) is 25.2 Å². The Morgan fingerprint density at radius 2 is 2.19 bits per heavy atom. The molecule has 6 heteroatoms. The van der Waals surface area contributed by atoms with Gasteiger partial charge in [0.1, 0.15) is 0 Å². The summed E-state index contributed by atoms with van der Waals surface area (Å²) in [5.41, 5.74) is 3.13. The van der Waals surface area contributed by atoms with Gasteiger partial charge in [-0.2, -0.15) is 0 Å². The SMILES string of the molecule is Cc1ccc(-n2nncc2CN2CCCNCC2)cc1Cl. The quantitative estimate of drug-likeness (QED) is 0.942. The molecular weight excluding hydrogens is 286 g/mol. The predicted molar refractivity (Wildman–Crippen MR) is 83.9 cm³/mol. The van der Waals surface area contributed by atoms with Crippen molar-refractivity contribution in [3.8, 4) is 5.69 Å². The number of nitrogens with one attached hydrogen (secondary N) is 1. The first kappa shape index (κ1) is 14.5. The van der Waals surface area contributed by atoms with Gasteiger partial charge in [-0.3, -0.25) is 4.90 Å². The maximum Gasteiger partial charge on any atom is 0.0786 e. The van der Waals surface area contributed by atoms with Crippen LogP contribution in [-0.4, -0.2) is 46.1 Å². The van der Waals surface area contributed by atoms with Crippen LogP contribution in [0.1, 0.15) is 17.7 Å². The Kier molecular flexibility index (Phi) is 4.53. The number of hydrogen-bond acceptors (Lipinski definition) is 4. The van der Waals surface area contributed by atoms with Crippen molar-refractivity contribution in [1.29, 1.82) is 0 Å². The van der Waals surface area contributed by atoms with Gasteiger partial charge >= 0.3 is 0 Å². The zero-order chi connectivity index (χ0) is 14.7. The number of aryl methyl sites for hydroxylation is 1. The van der Waals surface area contributed by atoms with Gasteiger partial charge < -0.3 is 5.32 Å². The van der Waals surface area contributed by atoms with Gasteiger partial charge in [0.15, 0.2) is 0 Å². The molecule has 1 N–H and O–H groups in total. The molecule has 0 bridgehead atoms. The lowest BCUT2D eigenvalue weighted by molar-refractivity contribution is 0.278. The van der Waals surface area contributed by atoms with E-state index in [1.165, 1.54) is 6.42 Å². The zero-order valence-electron chi connectivity index (χ0n) is 12.2. The van der Waals surface area contributed by atoms with Gasteiger partial charge in [-0.25, -0.2) is 4.68 Å². The molecule has 2 heterocycles. The smallest absolute Gasteiger partial charge is 0.0786 e. The average molecular weight is 306 g/mol. The molecule has 112 valence electrons. The molecule has 1 aliphatic heterocycles. The number of rotatable bonds is 3. The fourth-order valence-corrected chi connectivity index (χ4v) is 2.76. The van der Waals surface area contributed by atoms with Crippen LogP contribution in [0.25, 0.3) is 5.69 Å². The first-order valence-corrected chi connectivity index (χ1v) is 7.71. The van der Waals surface area contributed by atoms with Crippen molar-refractivity contribution in [2.75, 3.05) is 26.2 Å². The van der Waals surface area contributed by atoms with Gasteiger partial charge in [-0.1, -0.05) is 22.9 Å². The van der Waals surface area contributed by atoms with Crippen LogP contribution in [-0.2, 0) is 6.54 Å². The minimum atomic E-state index is 0.757. The summed E-state index contributed by atoms with van der Waals surface area (Å²) >= 11 is 6.22. The Hall–Kier alpha value is -1.43. The molecular formula is C15H20ClN5. The summed E-state index contributed by atoms with van der Waals surface area (Å²) in [6.45, 7) is 7.16. The molecule has 0 aliphatic carbocycles. The van der Waals surface area contributed by atoms with E-state index in [1.807, 2.05) is 36.0 Å². The van der Waals surface area contributed by atoms with Crippen molar-refractivity contribution in [3.05, 3.63) is 40.7 Å². The van der Waals surface area contributed by atoms with Crippen LogP contribution in [0.4, 0.5) is 0 Å². The largest absolute Gasteiger partial charge is 0.315 e. The maximum atomic E-state index is 6.22. The molecule has 1 aliphatic rings. The fraction of sp³-hybridized carbons (Fsp3) is 0.467. The van der Waals surface area contributed by atoms with Crippen LogP contribution < -0.4 is 5.32 Å². The number of aromatic nitrogens is 3. The third kappa shape index (κ3) is 3.43. The second-order valence-corrected chi connectivity index (χ2v) is 5.86. The lowest BCUT2D eigenvalue weighted by Gasteiger charge is -2.19. The second-order valence-electron chi connectivity index (χ2n) is 5.45. The first-order chi connectivity index (χ1) is 10.2. The highest BCUT2D eigenvalue weighted by Gasteiger charge is 2.13. The molecule has 1 fully saturated rings. The van der Waals surface area contributed by atoms with Gasteiger partial charge in [-0.05, 0) is 44.1 Å². The van der Waals surface area contributed by atoms with Gasteiger partial charge in [0, 0.05) is 24.7 Å². The lowest BCUT2D eigenvalue weighted by atomic mass is 10.2. The van der Waals surface area contributed by atoms with Crippen LogP contribution in [0.2, 0.25) is 5.02 Å². The van der Waals surface area contributed by atoms with Crippen LogP contribution >= 0.6 is 11.6 Å². The Bertz CT molecular complexity index is 602. The number of benzene rings is 1. The Balaban J connectivity index is 1.81.